The quantitative estimate of drug-likeness (QED) is 0.580. The maximum Gasteiger partial charge on any atom is 0.242 e. The van der Waals surface area contributed by atoms with Crippen LogP contribution in [0.4, 0.5) is 11.6 Å². The number of nitrogen functional groups attached to an aromatic ring is 1. The Labute approximate surface area is 126 Å². The van der Waals surface area contributed by atoms with E-state index in [9.17, 15) is 4.79 Å². The van der Waals surface area contributed by atoms with Crippen LogP contribution in [0.15, 0.2) is 6.33 Å². The number of hydrazine groups is 1. The van der Waals surface area contributed by atoms with Gasteiger partial charge in [0.25, 0.3) is 0 Å². The van der Waals surface area contributed by atoms with Crippen LogP contribution < -0.4 is 16.2 Å². The van der Waals surface area contributed by atoms with Crippen molar-refractivity contribution in [2.45, 2.75) is 33.6 Å². The predicted molar refractivity (Wildman–Crippen MR) is 85.1 cm³/mol. The lowest BCUT2D eigenvalue weighted by molar-refractivity contribution is -0.129. The molecule has 0 aliphatic rings. The average Bonchev–Trinajstić information content (AvgIpc) is 2.47. The van der Waals surface area contributed by atoms with Gasteiger partial charge in [-0.05, 0) is 19.8 Å². The second kappa shape index (κ2) is 7.78. The van der Waals surface area contributed by atoms with Crippen LogP contribution in [0.25, 0.3) is 0 Å². The molecule has 7 heteroatoms. The number of anilines is 2. The normalized spacial score (nSPS) is 10.6. The number of hydrogen-bond donors (Lipinski definition) is 2. The highest BCUT2D eigenvalue weighted by Crippen LogP contribution is 2.29. The molecule has 0 aromatic carbocycles. The van der Waals surface area contributed by atoms with E-state index in [0.29, 0.717) is 18.9 Å². The van der Waals surface area contributed by atoms with Gasteiger partial charge in [0.2, 0.25) is 5.91 Å². The van der Waals surface area contributed by atoms with Crippen LogP contribution in [0.2, 0.25) is 0 Å². The zero-order valence-electron chi connectivity index (χ0n) is 13.6. The first-order valence-corrected chi connectivity index (χ1v) is 7.26. The Balaban J connectivity index is 3.02. The molecule has 1 amide bonds. The van der Waals surface area contributed by atoms with Crippen LogP contribution in [0, 0.1) is 0 Å². The minimum Gasteiger partial charge on any atom is -0.350 e. The fourth-order valence-corrected chi connectivity index (χ4v) is 2.29. The Kier molecular flexibility index (Phi) is 6.36. The van der Waals surface area contributed by atoms with E-state index in [1.807, 2.05) is 39.6 Å². The van der Waals surface area contributed by atoms with E-state index in [4.69, 9.17) is 5.84 Å². The van der Waals surface area contributed by atoms with E-state index in [2.05, 4.69) is 15.4 Å². The Morgan fingerprint density at radius 3 is 2.43 bits per heavy atom. The fourth-order valence-electron chi connectivity index (χ4n) is 2.29. The molecule has 0 atom stereocenters. The van der Waals surface area contributed by atoms with Gasteiger partial charge in [-0.2, -0.15) is 0 Å². The Bertz CT molecular complexity index is 473. The Hall–Kier alpha value is -1.89. The number of nitrogens with zero attached hydrogens (tertiary/aromatic N) is 4. The van der Waals surface area contributed by atoms with Crippen LogP contribution >= 0.6 is 0 Å². The molecule has 1 aromatic rings. The van der Waals surface area contributed by atoms with Crippen LogP contribution in [0.5, 0.6) is 0 Å². The molecule has 0 aliphatic heterocycles. The Morgan fingerprint density at radius 2 is 1.95 bits per heavy atom. The standard InChI is InChI=1S/C14H26N6O/c1-6-20(7-2)11(21)8-19(5)14-12(10(3)4)13(18-15)16-9-17-14/h9-10H,6-8,15H2,1-5H3,(H,16,17,18). The molecule has 0 spiro atoms. The first kappa shape index (κ1) is 17.2. The third-order valence-electron chi connectivity index (χ3n) is 3.43. The highest BCUT2D eigenvalue weighted by atomic mass is 16.2. The van der Waals surface area contributed by atoms with Crippen molar-refractivity contribution in [2.75, 3.05) is 37.0 Å². The first-order chi connectivity index (χ1) is 9.96. The highest BCUT2D eigenvalue weighted by molar-refractivity contribution is 5.81. The summed E-state index contributed by atoms with van der Waals surface area (Å²) in [4.78, 5) is 24.3. The third kappa shape index (κ3) is 4.04. The lowest BCUT2D eigenvalue weighted by Crippen LogP contribution is -2.39. The molecule has 0 fully saturated rings. The van der Waals surface area contributed by atoms with Crippen molar-refractivity contribution < 1.29 is 4.79 Å². The summed E-state index contributed by atoms with van der Waals surface area (Å²) >= 11 is 0. The van der Waals surface area contributed by atoms with Gasteiger partial charge < -0.3 is 15.2 Å². The maximum atomic E-state index is 12.2. The summed E-state index contributed by atoms with van der Waals surface area (Å²) in [5.74, 6) is 7.12. The molecule has 1 rings (SSSR count). The van der Waals surface area contributed by atoms with Crippen molar-refractivity contribution in [1.82, 2.24) is 14.9 Å². The van der Waals surface area contributed by atoms with Crippen LogP contribution in [-0.4, -0.2) is 47.5 Å². The van der Waals surface area contributed by atoms with Crippen molar-refractivity contribution in [1.29, 1.82) is 0 Å². The van der Waals surface area contributed by atoms with Crippen LogP contribution in [0.3, 0.4) is 0 Å². The summed E-state index contributed by atoms with van der Waals surface area (Å²) in [6.45, 7) is 9.73. The smallest absolute Gasteiger partial charge is 0.242 e. The molecule has 0 bridgehead atoms. The fraction of sp³-hybridized carbons (Fsp3) is 0.643. The Morgan fingerprint density at radius 1 is 1.33 bits per heavy atom. The topological polar surface area (TPSA) is 87.4 Å². The van der Waals surface area contributed by atoms with Crippen molar-refractivity contribution in [3.8, 4) is 0 Å². The van der Waals surface area contributed by atoms with E-state index in [0.717, 1.165) is 11.4 Å². The second-order valence-corrected chi connectivity index (χ2v) is 5.18. The largest absolute Gasteiger partial charge is 0.350 e. The summed E-state index contributed by atoms with van der Waals surface area (Å²) in [5.41, 5.74) is 3.51. The molecule has 1 heterocycles. The van der Waals surface area contributed by atoms with Gasteiger partial charge in [-0.3, -0.25) is 4.79 Å². The average molecular weight is 294 g/mol. The molecule has 0 unspecified atom stereocenters. The molecular formula is C14H26N6O. The highest BCUT2D eigenvalue weighted by Gasteiger charge is 2.20. The minimum absolute atomic E-state index is 0.0816. The van der Waals surface area contributed by atoms with E-state index in [1.54, 1.807) is 4.90 Å². The van der Waals surface area contributed by atoms with Gasteiger partial charge in [-0.25, -0.2) is 15.8 Å². The van der Waals surface area contributed by atoms with E-state index >= 15 is 0 Å². The van der Waals surface area contributed by atoms with E-state index in [1.165, 1.54) is 6.33 Å². The van der Waals surface area contributed by atoms with E-state index in [-0.39, 0.29) is 18.4 Å². The number of amides is 1. The molecular weight excluding hydrogens is 268 g/mol. The number of carbonyl (C=O) groups excluding carboxylic acids is 1. The van der Waals surface area contributed by atoms with Gasteiger partial charge in [0, 0.05) is 25.7 Å². The van der Waals surface area contributed by atoms with E-state index < -0.39 is 0 Å². The van der Waals surface area contributed by atoms with Gasteiger partial charge in [0.1, 0.15) is 18.0 Å². The van der Waals surface area contributed by atoms with Gasteiger partial charge in [-0.1, -0.05) is 13.8 Å². The maximum absolute atomic E-state index is 12.2. The zero-order chi connectivity index (χ0) is 16.0. The predicted octanol–water partition coefficient (Wildman–Crippen LogP) is 1.19. The monoisotopic (exact) mass is 294 g/mol. The first-order valence-electron chi connectivity index (χ1n) is 7.26. The van der Waals surface area contributed by atoms with Gasteiger partial charge >= 0.3 is 0 Å². The summed E-state index contributed by atoms with van der Waals surface area (Å²) < 4.78 is 0. The third-order valence-corrected chi connectivity index (χ3v) is 3.43. The SMILES string of the molecule is CCN(CC)C(=O)CN(C)c1ncnc(NN)c1C(C)C. The van der Waals surface area contributed by atoms with Crippen LogP contribution in [-0.2, 0) is 4.79 Å². The lowest BCUT2D eigenvalue weighted by atomic mass is 10.0. The second-order valence-electron chi connectivity index (χ2n) is 5.18. The van der Waals surface area contributed by atoms with Crippen LogP contribution in [0.1, 0.15) is 39.2 Å². The molecule has 0 aliphatic carbocycles. The van der Waals surface area contributed by atoms with Gasteiger partial charge in [0.15, 0.2) is 0 Å². The number of hydrogen-bond acceptors (Lipinski definition) is 6. The van der Waals surface area contributed by atoms with Crippen molar-refractivity contribution >= 4 is 17.5 Å². The summed E-state index contributed by atoms with van der Waals surface area (Å²) in [7, 11) is 1.86. The summed E-state index contributed by atoms with van der Waals surface area (Å²) in [6.07, 6.45) is 1.45. The van der Waals surface area contributed by atoms with Crippen molar-refractivity contribution in [3.63, 3.8) is 0 Å². The number of aromatic nitrogens is 2. The number of carbonyl (C=O) groups is 1. The lowest BCUT2D eigenvalue weighted by Gasteiger charge is -2.26. The number of nitrogens with two attached hydrogens (primary N) is 1. The zero-order valence-corrected chi connectivity index (χ0v) is 13.6. The molecule has 0 saturated carbocycles. The molecule has 0 radical (unpaired) electrons. The minimum atomic E-state index is 0.0816. The molecule has 0 saturated heterocycles. The molecule has 1 aromatic heterocycles. The van der Waals surface area contributed by atoms with Gasteiger partial charge in [-0.15, -0.1) is 0 Å². The summed E-state index contributed by atoms with van der Waals surface area (Å²) in [6, 6.07) is 0. The summed E-state index contributed by atoms with van der Waals surface area (Å²) in [5, 5.41) is 0. The number of nitrogens with one attached hydrogen (secondary N) is 1. The van der Waals surface area contributed by atoms with Gasteiger partial charge in [0.05, 0.1) is 6.54 Å². The molecule has 3 N–H and O–H groups in total. The molecule has 118 valence electrons. The van der Waals surface area contributed by atoms with Crippen molar-refractivity contribution in [3.05, 3.63) is 11.9 Å². The number of likely N-dealkylation sites (N-methyl/N-ethyl adjacent to an activating group) is 2. The molecule has 7 nitrogen and oxygen atoms in total. The number of rotatable bonds is 7. The van der Waals surface area contributed by atoms with Crippen molar-refractivity contribution in [2.24, 2.45) is 5.84 Å². The molecule has 21 heavy (non-hydrogen) atoms.